The summed E-state index contributed by atoms with van der Waals surface area (Å²) < 4.78 is 12.1. The molecular formula is C23H29NO3. The van der Waals surface area contributed by atoms with Gasteiger partial charge < -0.3 is 14.8 Å². The van der Waals surface area contributed by atoms with Crippen LogP contribution in [0, 0.1) is 13.8 Å². The number of benzene rings is 2. The molecule has 1 aliphatic rings. The van der Waals surface area contributed by atoms with Crippen LogP contribution < -0.4 is 14.8 Å². The number of nitrogens with one attached hydrogen (secondary N) is 1. The minimum absolute atomic E-state index is 0.0896. The van der Waals surface area contributed by atoms with E-state index in [9.17, 15) is 4.79 Å². The molecule has 4 heteroatoms. The summed E-state index contributed by atoms with van der Waals surface area (Å²) in [4.78, 5) is 12.9. The van der Waals surface area contributed by atoms with Crippen LogP contribution in [0.3, 0.4) is 0 Å². The van der Waals surface area contributed by atoms with Gasteiger partial charge in [0.05, 0.1) is 6.04 Å². The van der Waals surface area contributed by atoms with Crippen molar-refractivity contribution in [2.24, 2.45) is 0 Å². The summed E-state index contributed by atoms with van der Waals surface area (Å²) in [6.45, 7) is 10.1. The average molecular weight is 367 g/mol. The maximum absolute atomic E-state index is 12.9. The summed E-state index contributed by atoms with van der Waals surface area (Å²) in [6, 6.07) is 13.8. The van der Waals surface area contributed by atoms with E-state index in [0.29, 0.717) is 6.42 Å². The Morgan fingerprint density at radius 3 is 2.67 bits per heavy atom. The summed E-state index contributed by atoms with van der Waals surface area (Å²) in [5, 5.41) is 3.19. The van der Waals surface area contributed by atoms with Crippen molar-refractivity contribution < 1.29 is 14.3 Å². The Morgan fingerprint density at radius 2 is 1.96 bits per heavy atom. The molecule has 0 aliphatic carbocycles. The van der Waals surface area contributed by atoms with E-state index >= 15 is 0 Å². The lowest BCUT2D eigenvalue weighted by atomic mass is 9.89. The first-order valence-corrected chi connectivity index (χ1v) is 9.60. The second-order valence-corrected chi connectivity index (χ2v) is 8.00. The fourth-order valence-electron chi connectivity index (χ4n) is 3.53. The summed E-state index contributed by atoms with van der Waals surface area (Å²) in [5.74, 6) is 1.48. The maximum Gasteiger partial charge on any atom is 0.261 e. The molecule has 0 aromatic heterocycles. The fourth-order valence-corrected chi connectivity index (χ4v) is 3.53. The molecule has 2 aromatic carbocycles. The normalized spacial score (nSPS) is 18.8. The zero-order chi connectivity index (χ0) is 19.6. The fraction of sp³-hybridized carbons (Fsp3) is 0.435. The van der Waals surface area contributed by atoms with Crippen LogP contribution in [0.15, 0.2) is 42.5 Å². The Labute approximate surface area is 161 Å². The standard InChI is InChI=1S/C23H29NO3/c1-6-20(26-17-9-7-8-15(2)12-17)22(25)24-19-14-23(4,5)27-21-13-16(3)10-11-18(19)21/h7-13,19-20H,6,14H2,1-5H3,(H,24,25). The predicted octanol–water partition coefficient (Wildman–Crippen LogP) is 4.88. The lowest BCUT2D eigenvalue weighted by Crippen LogP contribution is -2.45. The van der Waals surface area contributed by atoms with Crippen LogP contribution in [0.4, 0.5) is 0 Å². The molecule has 0 saturated heterocycles. The van der Waals surface area contributed by atoms with Crippen molar-refractivity contribution in [1.82, 2.24) is 5.32 Å². The lowest BCUT2D eigenvalue weighted by Gasteiger charge is -2.38. The van der Waals surface area contributed by atoms with Crippen LogP contribution in [0.1, 0.15) is 56.3 Å². The third kappa shape index (κ3) is 4.62. The quantitative estimate of drug-likeness (QED) is 0.819. The Hall–Kier alpha value is -2.49. The van der Waals surface area contributed by atoms with E-state index in [4.69, 9.17) is 9.47 Å². The van der Waals surface area contributed by atoms with Gasteiger partial charge in [-0.25, -0.2) is 0 Å². The largest absolute Gasteiger partial charge is 0.487 e. The summed E-state index contributed by atoms with van der Waals surface area (Å²) >= 11 is 0. The molecule has 3 rings (SSSR count). The van der Waals surface area contributed by atoms with Crippen LogP contribution in [0.25, 0.3) is 0 Å². The number of aryl methyl sites for hydroxylation is 2. The van der Waals surface area contributed by atoms with Gasteiger partial charge in [0.15, 0.2) is 6.10 Å². The zero-order valence-corrected chi connectivity index (χ0v) is 16.8. The van der Waals surface area contributed by atoms with Gasteiger partial charge in [0.2, 0.25) is 0 Å². The van der Waals surface area contributed by atoms with E-state index in [2.05, 4.69) is 25.2 Å². The molecule has 2 unspecified atom stereocenters. The monoisotopic (exact) mass is 367 g/mol. The molecule has 0 fully saturated rings. The van der Waals surface area contributed by atoms with Crippen molar-refractivity contribution in [3.8, 4) is 11.5 Å². The maximum atomic E-state index is 12.9. The van der Waals surface area contributed by atoms with Gasteiger partial charge in [-0.3, -0.25) is 4.79 Å². The Kier molecular flexibility index (Phi) is 5.45. The van der Waals surface area contributed by atoms with Crippen LogP contribution in [0.5, 0.6) is 11.5 Å². The van der Waals surface area contributed by atoms with E-state index in [-0.39, 0.29) is 17.6 Å². The Bertz CT molecular complexity index is 828. The van der Waals surface area contributed by atoms with E-state index in [0.717, 1.165) is 34.6 Å². The SMILES string of the molecule is CCC(Oc1cccc(C)c1)C(=O)NC1CC(C)(C)Oc2cc(C)ccc21. The first-order chi connectivity index (χ1) is 12.8. The second-order valence-electron chi connectivity index (χ2n) is 8.00. The minimum atomic E-state index is -0.522. The smallest absolute Gasteiger partial charge is 0.261 e. The third-order valence-electron chi connectivity index (χ3n) is 4.87. The third-order valence-corrected chi connectivity index (χ3v) is 4.87. The van der Waals surface area contributed by atoms with Crippen molar-refractivity contribution in [1.29, 1.82) is 0 Å². The van der Waals surface area contributed by atoms with Gasteiger partial charge in [-0.1, -0.05) is 31.2 Å². The van der Waals surface area contributed by atoms with E-state index in [1.807, 2.05) is 57.2 Å². The van der Waals surface area contributed by atoms with Crippen LogP contribution in [-0.2, 0) is 4.79 Å². The van der Waals surface area contributed by atoms with Crippen molar-refractivity contribution in [2.75, 3.05) is 0 Å². The van der Waals surface area contributed by atoms with E-state index < -0.39 is 6.10 Å². The number of amides is 1. The number of fused-ring (bicyclic) bond motifs is 1. The van der Waals surface area contributed by atoms with Gasteiger partial charge in [0.1, 0.15) is 17.1 Å². The van der Waals surface area contributed by atoms with Gasteiger partial charge in [0.25, 0.3) is 5.91 Å². The molecule has 0 spiro atoms. The highest BCUT2D eigenvalue weighted by Gasteiger charge is 2.35. The van der Waals surface area contributed by atoms with E-state index in [1.54, 1.807) is 0 Å². The molecule has 27 heavy (non-hydrogen) atoms. The highest BCUT2D eigenvalue weighted by Crippen LogP contribution is 2.40. The molecule has 4 nitrogen and oxygen atoms in total. The van der Waals surface area contributed by atoms with Gasteiger partial charge in [-0.15, -0.1) is 0 Å². The molecule has 0 saturated carbocycles. The number of carbonyl (C=O) groups is 1. The molecule has 1 heterocycles. The highest BCUT2D eigenvalue weighted by atomic mass is 16.5. The molecule has 0 radical (unpaired) electrons. The molecule has 1 aliphatic heterocycles. The molecule has 0 bridgehead atoms. The van der Waals surface area contributed by atoms with Crippen LogP contribution in [-0.4, -0.2) is 17.6 Å². The van der Waals surface area contributed by atoms with Gasteiger partial charge >= 0.3 is 0 Å². The number of hydrogen-bond donors (Lipinski definition) is 1. The molecule has 144 valence electrons. The van der Waals surface area contributed by atoms with Crippen LogP contribution in [0.2, 0.25) is 0 Å². The van der Waals surface area contributed by atoms with Gasteiger partial charge in [-0.2, -0.15) is 0 Å². The average Bonchev–Trinajstić information content (AvgIpc) is 2.58. The first kappa shape index (κ1) is 19.3. The first-order valence-electron chi connectivity index (χ1n) is 9.60. The summed E-state index contributed by atoms with van der Waals surface area (Å²) in [6.07, 6.45) is 0.801. The lowest BCUT2D eigenvalue weighted by molar-refractivity contribution is -0.129. The predicted molar refractivity (Wildman–Crippen MR) is 107 cm³/mol. The molecule has 2 atom stereocenters. The summed E-state index contributed by atoms with van der Waals surface area (Å²) in [5.41, 5.74) is 2.94. The number of rotatable bonds is 5. The summed E-state index contributed by atoms with van der Waals surface area (Å²) in [7, 11) is 0. The van der Waals surface area contributed by atoms with E-state index in [1.165, 1.54) is 0 Å². The van der Waals surface area contributed by atoms with Crippen LogP contribution >= 0.6 is 0 Å². The van der Waals surface area contributed by atoms with Crippen molar-refractivity contribution in [2.45, 2.75) is 65.2 Å². The molecule has 1 N–H and O–H groups in total. The minimum Gasteiger partial charge on any atom is -0.487 e. The molecule has 1 amide bonds. The van der Waals surface area contributed by atoms with Crippen molar-refractivity contribution in [3.05, 3.63) is 59.2 Å². The van der Waals surface area contributed by atoms with Crippen molar-refractivity contribution >= 4 is 5.91 Å². The Balaban J connectivity index is 1.77. The number of ether oxygens (including phenoxy) is 2. The zero-order valence-electron chi connectivity index (χ0n) is 16.8. The second kappa shape index (κ2) is 7.63. The number of carbonyl (C=O) groups excluding carboxylic acids is 1. The Morgan fingerprint density at radius 1 is 1.22 bits per heavy atom. The molecule has 2 aromatic rings. The van der Waals surface area contributed by atoms with Gasteiger partial charge in [-0.05, 0) is 63.4 Å². The van der Waals surface area contributed by atoms with Gasteiger partial charge in [0, 0.05) is 12.0 Å². The number of hydrogen-bond acceptors (Lipinski definition) is 3. The van der Waals surface area contributed by atoms with Crippen molar-refractivity contribution in [3.63, 3.8) is 0 Å². The molecular weight excluding hydrogens is 338 g/mol. The topological polar surface area (TPSA) is 47.6 Å². The highest BCUT2D eigenvalue weighted by molar-refractivity contribution is 5.81.